The highest BCUT2D eigenvalue weighted by atomic mass is 16.5. The number of rotatable bonds is 5. The Morgan fingerprint density at radius 1 is 1.00 bits per heavy atom. The molecule has 1 saturated carbocycles. The first-order valence-corrected chi connectivity index (χ1v) is 11.9. The number of nitrogens with zero attached hydrogens (tertiary/aromatic N) is 7. The van der Waals surface area contributed by atoms with E-state index in [1.165, 1.54) is 0 Å². The molecule has 1 aromatic carbocycles. The van der Waals surface area contributed by atoms with Gasteiger partial charge >= 0.3 is 0 Å². The summed E-state index contributed by atoms with van der Waals surface area (Å²) in [5, 5.41) is 8.86. The van der Waals surface area contributed by atoms with Crippen LogP contribution in [0.3, 0.4) is 0 Å². The van der Waals surface area contributed by atoms with Gasteiger partial charge in [0.1, 0.15) is 23.4 Å². The largest absolute Gasteiger partial charge is 0.488 e. The van der Waals surface area contributed by atoms with Gasteiger partial charge in [-0.3, -0.25) is 9.67 Å². The Kier molecular flexibility index (Phi) is 5.58. The van der Waals surface area contributed by atoms with Gasteiger partial charge in [0.05, 0.1) is 36.4 Å². The van der Waals surface area contributed by atoms with Gasteiger partial charge in [0.25, 0.3) is 0 Å². The molecule has 1 aliphatic heterocycles. The predicted octanol–water partition coefficient (Wildman–Crippen LogP) is 2.95. The van der Waals surface area contributed by atoms with Crippen molar-refractivity contribution in [3.8, 4) is 5.75 Å². The number of aromatic nitrogens is 6. The smallest absolute Gasteiger partial charge is 0.163 e. The minimum absolute atomic E-state index is 0.145. The number of ether oxygens (including phenoxy) is 2. The summed E-state index contributed by atoms with van der Waals surface area (Å²) in [4.78, 5) is 20.2. The van der Waals surface area contributed by atoms with E-state index in [1.807, 2.05) is 13.2 Å². The molecule has 6 rings (SSSR count). The van der Waals surface area contributed by atoms with Crippen LogP contribution in [-0.4, -0.2) is 68.2 Å². The monoisotopic (exact) mass is 460 g/mol. The molecule has 2 aliphatic rings. The zero-order valence-corrected chi connectivity index (χ0v) is 19.2. The van der Waals surface area contributed by atoms with Crippen molar-refractivity contribution in [1.82, 2.24) is 29.7 Å². The van der Waals surface area contributed by atoms with Gasteiger partial charge in [0.15, 0.2) is 5.65 Å². The number of morpholine rings is 1. The molecular formula is C24H28N8O2. The van der Waals surface area contributed by atoms with Gasteiger partial charge in [-0.25, -0.2) is 15.0 Å². The Morgan fingerprint density at radius 3 is 2.68 bits per heavy atom. The Morgan fingerprint density at radius 2 is 1.82 bits per heavy atom. The summed E-state index contributed by atoms with van der Waals surface area (Å²) in [6.07, 6.45) is 10.9. The first kappa shape index (κ1) is 21.0. The van der Waals surface area contributed by atoms with Gasteiger partial charge in [-0.2, -0.15) is 5.10 Å². The van der Waals surface area contributed by atoms with E-state index in [9.17, 15) is 0 Å². The maximum absolute atomic E-state index is 6.55. The molecule has 176 valence electrons. The van der Waals surface area contributed by atoms with Crippen molar-refractivity contribution in [1.29, 1.82) is 0 Å². The lowest BCUT2D eigenvalue weighted by Gasteiger charge is -2.31. The third kappa shape index (κ3) is 4.09. The molecule has 3 aromatic heterocycles. The van der Waals surface area contributed by atoms with Gasteiger partial charge in [-0.05, 0) is 31.7 Å². The number of fused-ring (bicyclic) bond motifs is 2. The number of hydrogen-bond acceptors (Lipinski definition) is 9. The van der Waals surface area contributed by atoms with E-state index in [1.54, 1.807) is 23.4 Å². The predicted molar refractivity (Wildman–Crippen MR) is 129 cm³/mol. The third-order valence-corrected chi connectivity index (χ3v) is 6.74. The number of anilines is 2. The summed E-state index contributed by atoms with van der Waals surface area (Å²) in [6.45, 7) is 3.22. The van der Waals surface area contributed by atoms with Crippen LogP contribution in [0.1, 0.15) is 25.7 Å². The van der Waals surface area contributed by atoms with E-state index >= 15 is 0 Å². The zero-order valence-electron chi connectivity index (χ0n) is 19.2. The average molecular weight is 461 g/mol. The van der Waals surface area contributed by atoms with Crippen LogP contribution in [0.5, 0.6) is 5.75 Å². The van der Waals surface area contributed by atoms with Crippen LogP contribution in [0.15, 0.2) is 37.1 Å². The van der Waals surface area contributed by atoms with Gasteiger partial charge in [0, 0.05) is 50.3 Å². The SMILES string of the molecule is Cn1ncc2c(N[C@H]3CC[C@@H](Oc4cc(N5CCOCC5)cc5nccnc45)CC3)ncnc21. The fourth-order valence-electron chi connectivity index (χ4n) is 4.90. The van der Waals surface area contributed by atoms with Crippen molar-refractivity contribution < 1.29 is 9.47 Å². The number of benzene rings is 1. The topological polar surface area (TPSA) is 103 Å². The highest BCUT2D eigenvalue weighted by Gasteiger charge is 2.25. The molecule has 2 fully saturated rings. The molecule has 1 aliphatic carbocycles. The van der Waals surface area contributed by atoms with Crippen LogP contribution >= 0.6 is 0 Å². The van der Waals surface area contributed by atoms with E-state index in [-0.39, 0.29) is 6.10 Å². The fraction of sp³-hybridized carbons (Fsp3) is 0.458. The molecule has 0 amide bonds. The highest BCUT2D eigenvalue weighted by Crippen LogP contribution is 2.33. The molecule has 0 spiro atoms. The number of nitrogens with one attached hydrogen (secondary N) is 1. The van der Waals surface area contributed by atoms with Crippen molar-refractivity contribution in [2.24, 2.45) is 7.05 Å². The quantitative estimate of drug-likeness (QED) is 0.481. The summed E-state index contributed by atoms with van der Waals surface area (Å²) in [5.41, 5.74) is 3.63. The second-order valence-corrected chi connectivity index (χ2v) is 8.93. The second-order valence-electron chi connectivity index (χ2n) is 8.93. The lowest BCUT2D eigenvalue weighted by atomic mass is 9.93. The van der Waals surface area contributed by atoms with Crippen LogP contribution in [0.25, 0.3) is 22.1 Å². The van der Waals surface area contributed by atoms with E-state index in [0.29, 0.717) is 6.04 Å². The van der Waals surface area contributed by atoms with Crippen molar-refractivity contribution in [2.75, 3.05) is 36.5 Å². The van der Waals surface area contributed by atoms with Crippen molar-refractivity contribution in [3.05, 3.63) is 37.1 Å². The highest BCUT2D eigenvalue weighted by molar-refractivity contribution is 5.86. The first-order chi connectivity index (χ1) is 16.7. The minimum Gasteiger partial charge on any atom is -0.488 e. The van der Waals surface area contributed by atoms with Crippen LogP contribution in [0, 0.1) is 0 Å². The molecule has 0 atom stereocenters. The molecule has 1 N–H and O–H groups in total. The summed E-state index contributed by atoms with van der Waals surface area (Å²) in [5.74, 6) is 1.67. The summed E-state index contributed by atoms with van der Waals surface area (Å²) in [7, 11) is 1.89. The Hall–Kier alpha value is -3.53. The molecule has 34 heavy (non-hydrogen) atoms. The Bertz CT molecular complexity index is 1290. The van der Waals surface area contributed by atoms with E-state index < -0.39 is 0 Å². The maximum Gasteiger partial charge on any atom is 0.163 e. The van der Waals surface area contributed by atoms with Crippen LogP contribution < -0.4 is 15.0 Å². The normalized spacial score (nSPS) is 21.1. The molecule has 4 heterocycles. The number of hydrogen-bond donors (Lipinski definition) is 1. The van der Waals surface area contributed by atoms with Crippen LogP contribution in [0.4, 0.5) is 11.5 Å². The summed E-state index contributed by atoms with van der Waals surface area (Å²) < 4.78 is 13.8. The number of aryl methyl sites for hydroxylation is 1. The van der Waals surface area contributed by atoms with Gasteiger partial charge in [-0.1, -0.05) is 0 Å². The standard InChI is InChI=1S/C24H28N8O2/c1-31-24-19(14-29-31)23(27-15-28-24)30-16-2-4-18(5-3-16)34-21-13-17(32-8-10-33-11-9-32)12-20-22(21)26-7-6-25-20/h6-7,12-16,18H,2-5,8-11H2,1H3,(H,27,28,30)/t16-,18+. The molecule has 0 radical (unpaired) electrons. The van der Waals surface area contributed by atoms with Gasteiger partial charge < -0.3 is 19.7 Å². The van der Waals surface area contributed by atoms with Crippen LogP contribution in [-0.2, 0) is 11.8 Å². The van der Waals surface area contributed by atoms with E-state index in [2.05, 4.69) is 47.4 Å². The van der Waals surface area contributed by atoms with Crippen molar-refractivity contribution in [2.45, 2.75) is 37.8 Å². The first-order valence-electron chi connectivity index (χ1n) is 11.9. The zero-order chi connectivity index (χ0) is 22.9. The second kappa shape index (κ2) is 9.02. The molecule has 0 unspecified atom stereocenters. The molecular weight excluding hydrogens is 432 g/mol. The molecule has 4 aromatic rings. The van der Waals surface area contributed by atoms with E-state index in [0.717, 1.165) is 91.3 Å². The lowest BCUT2D eigenvalue weighted by molar-refractivity contribution is 0.122. The third-order valence-electron chi connectivity index (χ3n) is 6.74. The minimum atomic E-state index is 0.145. The lowest BCUT2D eigenvalue weighted by Crippen LogP contribution is -2.36. The Balaban J connectivity index is 1.16. The molecule has 0 bridgehead atoms. The average Bonchev–Trinajstić information content (AvgIpc) is 3.27. The Labute approximate surface area is 197 Å². The summed E-state index contributed by atoms with van der Waals surface area (Å²) >= 11 is 0. The maximum atomic E-state index is 6.55. The van der Waals surface area contributed by atoms with Crippen molar-refractivity contribution >= 4 is 33.6 Å². The molecule has 10 nitrogen and oxygen atoms in total. The van der Waals surface area contributed by atoms with Crippen LogP contribution in [0.2, 0.25) is 0 Å². The van der Waals surface area contributed by atoms with Gasteiger partial charge in [0.2, 0.25) is 0 Å². The summed E-state index contributed by atoms with van der Waals surface area (Å²) in [6, 6.07) is 4.56. The van der Waals surface area contributed by atoms with Crippen molar-refractivity contribution in [3.63, 3.8) is 0 Å². The molecule has 1 saturated heterocycles. The fourth-order valence-corrected chi connectivity index (χ4v) is 4.90. The molecule has 10 heteroatoms. The van der Waals surface area contributed by atoms with E-state index in [4.69, 9.17) is 9.47 Å². The van der Waals surface area contributed by atoms with Gasteiger partial charge in [-0.15, -0.1) is 0 Å².